The Balaban J connectivity index is 0.843. The van der Waals surface area contributed by atoms with Crippen LogP contribution in [0.1, 0.15) is 86.7 Å². The number of aliphatic hydroxyl groups excluding tert-OH is 1. The minimum atomic E-state index is -1.84. The second kappa shape index (κ2) is 39.7. The van der Waals surface area contributed by atoms with Crippen LogP contribution in [0, 0.1) is 5.41 Å². The zero-order valence-electron chi connectivity index (χ0n) is 63.2. The Bertz CT molecular complexity index is 4760. The highest BCUT2D eigenvalue weighted by Crippen LogP contribution is 2.28. The fourth-order valence-electron chi connectivity index (χ4n) is 14.2. The average Bonchev–Trinajstić information content (AvgIpc) is 1.65. The first-order valence-electron chi connectivity index (χ1n) is 37.7. The number of phenolic OH excluding ortho intramolecular Hbond substituents is 1. The minimum Gasteiger partial charge on any atom is -0.508 e. The lowest BCUT2D eigenvalue weighted by Gasteiger charge is -2.33. The summed E-state index contributed by atoms with van der Waals surface area (Å²) in [5, 5.41) is 67.8. The van der Waals surface area contributed by atoms with Crippen molar-refractivity contribution in [1.29, 1.82) is 5.41 Å². The summed E-state index contributed by atoms with van der Waals surface area (Å²) in [6, 6.07) is 12.6. The zero-order chi connectivity index (χ0) is 81.7. The van der Waals surface area contributed by atoms with Crippen LogP contribution in [0.2, 0.25) is 0 Å². The molecular formula is C78H98N20O15S. The third-order valence-corrected chi connectivity index (χ3v) is 20.9. The topological polar surface area (TPSA) is 544 Å². The summed E-state index contributed by atoms with van der Waals surface area (Å²) in [4.78, 5) is 191. The normalized spacial score (nSPS) is 16.7. The number of carboxylic acids is 1. The number of nitrogens with one attached hydrogen (secondary N) is 15. The molecule has 4 aromatic carbocycles. The molecule has 12 atom stereocenters. The molecule has 0 radical (unpaired) electrons. The van der Waals surface area contributed by atoms with Crippen LogP contribution in [0.15, 0.2) is 128 Å². The van der Waals surface area contributed by atoms with Crippen LogP contribution in [0.5, 0.6) is 5.75 Å². The molecule has 606 valence electrons. The number of nitrogens with zero attached hydrogens (tertiary/aromatic N) is 3. The van der Waals surface area contributed by atoms with Gasteiger partial charge in [0.25, 0.3) is 0 Å². The van der Waals surface area contributed by atoms with Gasteiger partial charge in [0, 0.05) is 109 Å². The molecule has 2 aliphatic heterocycles. The molecular weight excluding hydrogens is 1490 g/mol. The molecule has 0 spiro atoms. The van der Waals surface area contributed by atoms with Gasteiger partial charge in [-0.15, -0.1) is 0 Å². The fourth-order valence-corrected chi connectivity index (χ4v) is 14.7. The maximum Gasteiger partial charge on any atom is 0.326 e. The van der Waals surface area contributed by atoms with Gasteiger partial charge < -0.3 is 110 Å². The van der Waals surface area contributed by atoms with Gasteiger partial charge in [0.15, 0.2) is 5.96 Å². The summed E-state index contributed by atoms with van der Waals surface area (Å²) in [5.41, 5.74) is 17.0. The van der Waals surface area contributed by atoms with E-state index in [0.717, 1.165) is 16.5 Å². The number of guanidine groups is 1. The quantitative estimate of drug-likeness (QED) is 0.0136. The SMILES string of the molecule is CSCC[C@H](NC(=O)[C@H](C)NC(=O)[C@@H]1CCCN1C(=O)[C@@H]1CCCN1C(=O)[C@H](CCCNC(=N)N)NC(=O)[C@H](Cc1c[nH]c2ccccc12)NC(=O)CNC(=O)[C@H](Cc1ccc(O)cc1)NC(=O)[C@@H](NC(=O)[C@H](Cc1c[nH]c2ccccc12)NC(=O)[C@H](Cc1cnc[nH]1)NC(=O)[C@@H](N)Cc1c[nH]c2ccccc12)[C@@H](C)O)C(=O)O. The fraction of sp³-hybridized carbons (Fsp3) is 0.410. The maximum atomic E-state index is 15.1. The number of phenols is 1. The number of aliphatic hydroxyl groups is 1. The smallest absolute Gasteiger partial charge is 0.326 e. The Hall–Kier alpha value is -12.3. The highest BCUT2D eigenvalue weighted by atomic mass is 32.2. The number of aromatic amines is 4. The van der Waals surface area contributed by atoms with Crippen LogP contribution >= 0.6 is 11.8 Å². The third kappa shape index (κ3) is 22.3. The van der Waals surface area contributed by atoms with E-state index in [1.807, 2.05) is 24.3 Å². The van der Waals surface area contributed by atoms with Gasteiger partial charge in [-0.3, -0.25) is 58.1 Å². The number of carbonyl (C=O) groups excluding carboxylic acids is 11. The number of amides is 11. The van der Waals surface area contributed by atoms with E-state index in [4.69, 9.17) is 16.9 Å². The Kier molecular flexibility index (Phi) is 29.3. The summed E-state index contributed by atoms with van der Waals surface area (Å²) in [6.45, 7) is 2.08. The largest absolute Gasteiger partial charge is 0.508 e. The number of hydrogen-bond acceptors (Lipinski definition) is 18. The molecule has 36 heteroatoms. The number of carbonyl (C=O) groups is 12. The monoisotopic (exact) mass is 1590 g/mol. The maximum absolute atomic E-state index is 15.1. The van der Waals surface area contributed by atoms with Gasteiger partial charge >= 0.3 is 5.97 Å². The van der Waals surface area contributed by atoms with E-state index in [9.17, 15) is 63.3 Å². The molecule has 0 unspecified atom stereocenters. The first-order valence-corrected chi connectivity index (χ1v) is 39.1. The molecule has 11 amide bonds. The van der Waals surface area contributed by atoms with Crippen molar-refractivity contribution < 1.29 is 72.9 Å². The zero-order valence-corrected chi connectivity index (χ0v) is 64.0. The number of benzene rings is 4. The molecule has 35 nitrogen and oxygen atoms in total. The Labute approximate surface area is 659 Å². The molecule has 10 rings (SSSR count). The standard InChI is InChI=1S/C78H98N20O15S/c1-42(67(102)92-58(77(112)113)26-30-114-3)89-73(108)63-20-11-28-97(63)76(111)64-21-12-29-98(64)75(110)57(19-10-27-83-78(80)81)91-70(105)60(33-46-37-85-55-17-8-5-14-51(46)55)90-65(101)40-87-69(104)59(31-44-22-24-49(100)25-23-44)95-74(109)66(43(2)99)96-72(107)61(34-47-38-86-56-18-9-6-15-52(47)56)94-71(106)62(35-48-39-82-41-88-48)93-68(103)53(79)32-45-36-84-54-16-7-4-13-50(45)54/h4-9,13-18,22-25,36-39,41-43,53,57-64,66,84-86,99-100H,10-12,19-21,26-35,40,79H2,1-3H3,(H,82,88)(H,87,104)(H,89,108)(H,90,101)(H,91,105)(H,92,102)(H,93,103)(H,94,106)(H,95,109)(H,96,107)(H,112,113)(H4,80,81,83)/t42-,43+,53-,57-,58-,59-,60-,61-,62-,63-,64-,66-/m0/s1. The highest BCUT2D eigenvalue weighted by molar-refractivity contribution is 7.98. The van der Waals surface area contributed by atoms with Gasteiger partial charge in [-0.25, -0.2) is 9.78 Å². The van der Waals surface area contributed by atoms with Gasteiger partial charge in [-0.2, -0.15) is 11.8 Å². The number of likely N-dealkylation sites (tertiary alicyclic amines) is 2. The molecule has 8 aromatic rings. The molecule has 2 fully saturated rings. The molecule has 6 heterocycles. The van der Waals surface area contributed by atoms with E-state index < -0.39 is 150 Å². The number of aromatic hydroxyl groups is 1. The van der Waals surface area contributed by atoms with Crippen molar-refractivity contribution in [3.8, 4) is 5.75 Å². The van der Waals surface area contributed by atoms with Crippen molar-refractivity contribution >= 4 is 121 Å². The van der Waals surface area contributed by atoms with Gasteiger partial charge in [0.1, 0.15) is 66.2 Å². The lowest BCUT2D eigenvalue weighted by molar-refractivity contribution is -0.148. The minimum absolute atomic E-state index is 0.0736. The summed E-state index contributed by atoms with van der Waals surface area (Å²) in [5.74, 6) is -10.2. The van der Waals surface area contributed by atoms with Gasteiger partial charge in [-0.1, -0.05) is 66.7 Å². The number of nitrogens with two attached hydrogens (primary N) is 2. The Morgan fingerprint density at radius 1 is 0.570 bits per heavy atom. The number of rotatable bonds is 39. The molecule has 4 aromatic heterocycles. The van der Waals surface area contributed by atoms with Crippen molar-refractivity contribution in [2.75, 3.05) is 38.2 Å². The first kappa shape index (κ1) is 84.1. The Morgan fingerprint density at radius 2 is 1.09 bits per heavy atom. The van der Waals surface area contributed by atoms with Crippen LogP contribution < -0.4 is 64.6 Å². The van der Waals surface area contributed by atoms with Crippen molar-refractivity contribution in [2.24, 2.45) is 11.5 Å². The molecule has 0 aliphatic carbocycles. The molecule has 2 saturated heterocycles. The van der Waals surface area contributed by atoms with E-state index >= 15 is 9.59 Å². The molecule has 0 bridgehead atoms. The third-order valence-electron chi connectivity index (χ3n) is 20.3. The van der Waals surface area contributed by atoms with Gasteiger partial charge in [-0.05, 0) is 130 Å². The summed E-state index contributed by atoms with van der Waals surface area (Å²) in [6.07, 6.45) is 8.68. The predicted octanol–water partition coefficient (Wildman–Crippen LogP) is -0.122. The number of aliphatic carboxylic acids is 1. The molecule has 2 aliphatic rings. The van der Waals surface area contributed by atoms with Crippen molar-refractivity contribution in [3.63, 3.8) is 0 Å². The van der Waals surface area contributed by atoms with E-state index in [0.29, 0.717) is 62.8 Å². The second-order valence-corrected chi connectivity index (χ2v) is 29.5. The van der Waals surface area contributed by atoms with Crippen LogP contribution in [-0.2, 0) is 89.6 Å². The summed E-state index contributed by atoms with van der Waals surface area (Å²) in [7, 11) is 0. The van der Waals surface area contributed by atoms with E-state index in [1.54, 1.807) is 73.4 Å². The van der Waals surface area contributed by atoms with E-state index in [1.165, 1.54) is 72.2 Å². The number of thioether (sulfide) groups is 1. The van der Waals surface area contributed by atoms with E-state index in [-0.39, 0.29) is 95.6 Å². The number of imidazole rings is 1. The molecule has 0 saturated carbocycles. The van der Waals surface area contributed by atoms with Crippen molar-refractivity contribution in [3.05, 3.63) is 156 Å². The lowest BCUT2D eigenvalue weighted by atomic mass is 10.0. The number of H-pyrrole nitrogens is 4. The average molecular weight is 1590 g/mol. The van der Waals surface area contributed by atoms with Crippen LogP contribution in [-0.4, -0.2) is 238 Å². The number of carboxylic acid groups (broad SMARTS) is 1. The first-order chi connectivity index (χ1) is 54.7. The number of para-hydroxylation sites is 3. The van der Waals surface area contributed by atoms with Crippen molar-refractivity contribution in [2.45, 2.75) is 163 Å². The van der Waals surface area contributed by atoms with Crippen molar-refractivity contribution in [1.82, 2.24) is 87.9 Å². The molecule has 114 heavy (non-hydrogen) atoms. The van der Waals surface area contributed by atoms with Crippen LogP contribution in [0.4, 0.5) is 0 Å². The van der Waals surface area contributed by atoms with Crippen LogP contribution in [0.3, 0.4) is 0 Å². The molecule has 22 N–H and O–H groups in total. The van der Waals surface area contributed by atoms with Gasteiger partial charge in [0.2, 0.25) is 65.0 Å². The summed E-state index contributed by atoms with van der Waals surface area (Å²) < 4.78 is 0. The Morgan fingerprint density at radius 3 is 1.66 bits per heavy atom. The number of fused-ring (bicyclic) bond motifs is 3. The van der Waals surface area contributed by atoms with Gasteiger partial charge in [0.05, 0.1) is 25.0 Å². The number of aromatic nitrogens is 5. The lowest BCUT2D eigenvalue weighted by Crippen LogP contribution is -2.62. The van der Waals surface area contributed by atoms with E-state index in [2.05, 4.69) is 78.1 Å². The summed E-state index contributed by atoms with van der Waals surface area (Å²) >= 11 is 1.40. The highest BCUT2D eigenvalue weighted by Gasteiger charge is 2.45. The van der Waals surface area contributed by atoms with Crippen LogP contribution in [0.25, 0.3) is 32.7 Å². The second-order valence-electron chi connectivity index (χ2n) is 28.5. The number of hydrogen-bond donors (Lipinski definition) is 20. The predicted molar refractivity (Wildman–Crippen MR) is 423 cm³/mol.